The van der Waals surface area contributed by atoms with Crippen molar-refractivity contribution in [3.8, 4) is 0 Å². The van der Waals surface area contributed by atoms with Crippen LogP contribution in [0.25, 0.3) is 0 Å². The van der Waals surface area contributed by atoms with Crippen molar-refractivity contribution in [2.24, 2.45) is 0 Å². The summed E-state index contributed by atoms with van der Waals surface area (Å²) in [6.45, 7) is 0.820. The molecule has 0 saturated heterocycles. The molecule has 132 valence electrons. The highest BCUT2D eigenvalue weighted by atomic mass is 35.5. The highest BCUT2D eigenvalue weighted by Crippen LogP contribution is 2.36. The van der Waals surface area contributed by atoms with Crippen molar-refractivity contribution in [2.75, 3.05) is 17.6 Å². The first-order valence-corrected chi connectivity index (χ1v) is 7.78. The predicted molar refractivity (Wildman–Crippen MR) is 88.2 cm³/mol. The highest BCUT2D eigenvalue weighted by Gasteiger charge is 2.33. The van der Waals surface area contributed by atoms with Crippen LogP contribution in [0.5, 0.6) is 0 Å². The van der Waals surface area contributed by atoms with Gasteiger partial charge in [-0.25, -0.2) is 9.78 Å². The van der Waals surface area contributed by atoms with Gasteiger partial charge in [0.1, 0.15) is 5.82 Å². The molecule has 0 fully saturated rings. The number of carbonyl (C=O) groups is 1. The molecule has 0 radical (unpaired) electrons. The third kappa shape index (κ3) is 3.79. The molecular formula is C16H14ClF3N4O. The Morgan fingerprint density at radius 3 is 2.72 bits per heavy atom. The van der Waals surface area contributed by atoms with Gasteiger partial charge in [-0.15, -0.1) is 0 Å². The largest absolute Gasteiger partial charge is 0.417 e. The minimum Gasteiger partial charge on any atom is -0.384 e. The monoisotopic (exact) mass is 370 g/mol. The van der Waals surface area contributed by atoms with E-state index in [9.17, 15) is 18.0 Å². The van der Waals surface area contributed by atoms with E-state index in [4.69, 9.17) is 17.3 Å². The fraction of sp³-hybridized carbons (Fsp3) is 0.250. The topological polar surface area (TPSA) is 71.2 Å². The molecule has 1 aromatic heterocycles. The lowest BCUT2D eigenvalue weighted by atomic mass is 10.0. The molecule has 2 amide bonds. The smallest absolute Gasteiger partial charge is 0.384 e. The number of nitrogens with one attached hydrogen (secondary N) is 1. The lowest BCUT2D eigenvalue weighted by Crippen LogP contribution is -2.39. The second-order valence-electron chi connectivity index (χ2n) is 5.67. The first-order valence-electron chi connectivity index (χ1n) is 7.40. The van der Waals surface area contributed by atoms with Crippen LogP contribution in [-0.4, -0.2) is 22.5 Å². The van der Waals surface area contributed by atoms with E-state index in [1.165, 1.54) is 6.07 Å². The summed E-state index contributed by atoms with van der Waals surface area (Å²) in [5.41, 5.74) is 6.84. The summed E-state index contributed by atoms with van der Waals surface area (Å²) in [5.74, 6) is 0.371. The van der Waals surface area contributed by atoms with Crippen LogP contribution < -0.4 is 11.1 Å². The van der Waals surface area contributed by atoms with Gasteiger partial charge in [0.25, 0.3) is 0 Å². The van der Waals surface area contributed by atoms with Crippen molar-refractivity contribution >= 4 is 29.1 Å². The molecule has 9 heteroatoms. The fourth-order valence-corrected chi connectivity index (χ4v) is 2.94. The summed E-state index contributed by atoms with van der Waals surface area (Å²) in [7, 11) is 0. The number of pyridine rings is 1. The number of hydrogen-bond donors (Lipinski definition) is 2. The number of nitrogens with zero attached hydrogens (tertiary/aromatic N) is 2. The first kappa shape index (κ1) is 17.3. The fourth-order valence-electron chi connectivity index (χ4n) is 2.65. The quantitative estimate of drug-likeness (QED) is 0.799. The van der Waals surface area contributed by atoms with Gasteiger partial charge < -0.3 is 16.0 Å². The minimum atomic E-state index is -4.54. The van der Waals surface area contributed by atoms with Crippen LogP contribution in [0.15, 0.2) is 30.5 Å². The molecule has 1 aliphatic rings. The van der Waals surface area contributed by atoms with Crippen LogP contribution in [0.1, 0.15) is 16.7 Å². The lowest BCUT2D eigenvalue weighted by molar-refractivity contribution is -0.137. The first-order chi connectivity index (χ1) is 11.7. The van der Waals surface area contributed by atoms with Gasteiger partial charge in [-0.1, -0.05) is 11.6 Å². The third-order valence-corrected chi connectivity index (χ3v) is 4.24. The highest BCUT2D eigenvalue weighted by molar-refractivity contribution is 6.31. The van der Waals surface area contributed by atoms with Crippen LogP contribution >= 0.6 is 11.6 Å². The molecule has 5 nitrogen and oxygen atoms in total. The standard InChI is InChI=1S/C16H14ClF3N4O/c17-13-6-11(1-2-12(13)16(18,19)20)23-15(25)24-4-3-9-7-22-14(21)5-10(9)8-24/h1-2,5-7H,3-4,8H2,(H2,21,22)(H,23,25). The number of carbonyl (C=O) groups excluding carboxylic acids is 1. The van der Waals surface area contributed by atoms with Gasteiger partial charge in [0, 0.05) is 25.0 Å². The number of nitrogens with two attached hydrogens (primary N) is 1. The number of anilines is 2. The summed E-state index contributed by atoms with van der Waals surface area (Å²) in [5, 5.41) is 2.10. The molecule has 0 spiro atoms. The second-order valence-corrected chi connectivity index (χ2v) is 6.08. The number of halogens is 4. The molecule has 25 heavy (non-hydrogen) atoms. The molecule has 0 atom stereocenters. The second kappa shape index (κ2) is 6.44. The van der Waals surface area contributed by atoms with Crippen molar-refractivity contribution in [2.45, 2.75) is 19.1 Å². The molecule has 0 saturated carbocycles. The number of benzene rings is 1. The van der Waals surface area contributed by atoms with Gasteiger partial charge in [0.05, 0.1) is 10.6 Å². The number of fused-ring (bicyclic) bond motifs is 1. The van der Waals surface area contributed by atoms with E-state index in [0.717, 1.165) is 23.3 Å². The average molecular weight is 371 g/mol. The minimum absolute atomic E-state index is 0.197. The molecule has 3 rings (SSSR count). The maximum atomic E-state index is 12.7. The Labute approximate surface area is 146 Å². The zero-order valence-corrected chi connectivity index (χ0v) is 13.7. The van der Waals surface area contributed by atoms with Crippen LogP contribution in [-0.2, 0) is 19.1 Å². The van der Waals surface area contributed by atoms with E-state index < -0.39 is 22.8 Å². The number of aromatic nitrogens is 1. The van der Waals surface area contributed by atoms with Gasteiger partial charge in [0.2, 0.25) is 0 Å². The molecule has 0 unspecified atom stereocenters. The Morgan fingerprint density at radius 2 is 2.04 bits per heavy atom. The van der Waals surface area contributed by atoms with Gasteiger partial charge in [-0.3, -0.25) is 0 Å². The maximum Gasteiger partial charge on any atom is 0.417 e. The molecule has 2 aromatic rings. The van der Waals surface area contributed by atoms with Crippen molar-refractivity contribution in [1.29, 1.82) is 0 Å². The maximum absolute atomic E-state index is 12.7. The predicted octanol–water partition coefficient (Wildman–Crippen LogP) is 3.93. The van der Waals surface area contributed by atoms with Crippen LogP contribution in [0, 0.1) is 0 Å². The number of urea groups is 1. The summed E-state index contributed by atoms with van der Waals surface area (Å²) in [4.78, 5) is 17.9. The molecule has 3 N–H and O–H groups in total. The Balaban J connectivity index is 1.72. The van der Waals surface area contributed by atoms with Gasteiger partial charge in [-0.05, 0) is 41.8 Å². The zero-order chi connectivity index (χ0) is 18.2. The SMILES string of the molecule is Nc1cc2c(cn1)CCN(C(=O)Nc1ccc(C(F)(F)F)c(Cl)c1)C2. The van der Waals surface area contributed by atoms with E-state index in [1.54, 1.807) is 17.2 Å². The van der Waals surface area contributed by atoms with Gasteiger partial charge in [-0.2, -0.15) is 13.2 Å². The van der Waals surface area contributed by atoms with Crippen LogP contribution in [0.2, 0.25) is 5.02 Å². The summed E-state index contributed by atoms with van der Waals surface area (Å²) >= 11 is 5.66. The van der Waals surface area contributed by atoms with Crippen molar-refractivity contribution < 1.29 is 18.0 Å². The van der Waals surface area contributed by atoms with E-state index in [1.807, 2.05) is 0 Å². The Morgan fingerprint density at radius 1 is 1.28 bits per heavy atom. The summed E-state index contributed by atoms with van der Waals surface area (Å²) in [6.07, 6.45) is -2.22. The normalized spacial score (nSPS) is 14.2. The Kier molecular flexibility index (Phi) is 4.47. The van der Waals surface area contributed by atoms with Crippen molar-refractivity contribution in [3.05, 3.63) is 52.2 Å². The third-order valence-electron chi connectivity index (χ3n) is 3.93. The van der Waals surface area contributed by atoms with E-state index in [2.05, 4.69) is 10.3 Å². The molecule has 1 aromatic carbocycles. The summed E-state index contributed by atoms with van der Waals surface area (Å²) in [6, 6.07) is 4.39. The van der Waals surface area contributed by atoms with Crippen LogP contribution in [0.3, 0.4) is 0 Å². The van der Waals surface area contributed by atoms with Crippen molar-refractivity contribution in [3.63, 3.8) is 0 Å². The van der Waals surface area contributed by atoms with Crippen molar-refractivity contribution in [1.82, 2.24) is 9.88 Å². The number of amides is 2. The molecule has 2 heterocycles. The Hall–Kier alpha value is -2.48. The molecule has 1 aliphatic heterocycles. The van der Waals surface area contributed by atoms with E-state index >= 15 is 0 Å². The molecule has 0 aliphatic carbocycles. The van der Waals surface area contributed by atoms with Crippen LogP contribution in [0.4, 0.5) is 29.5 Å². The number of rotatable bonds is 1. The van der Waals surface area contributed by atoms with Gasteiger partial charge >= 0.3 is 12.2 Å². The lowest BCUT2D eigenvalue weighted by Gasteiger charge is -2.29. The van der Waals surface area contributed by atoms with Gasteiger partial charge in [0.15, 0.2) is 0 Å². The average Bonchev–Trinajstić information content (AvgIpc) is 2.52. The summed E-state index contributed by atoms with van der Waals surface area (Å²) < 4.78 is 38.1. The Bertz CT molecular complexity index is 826. The number of nitrogen functional groups attached to an aromatic ring is 1. The van der Waals surface area contributed by atoms with E-state index in [0.29, 0.717) is 25.3 Å². The number of hydrogen-bond acceptors (Lipinski definition) is 3. The molecule has 0 bridgehead atoms. The van der Waals surface area contributed by atoms with E-state index in [-0.39, 0.29) is 5.69 Å². The molecular weight excluding hydrogens is 357 g/mol. The number of alkyl halides is 3. The zero-order valence-electron chi connectivity index (χ0n) is 12.9.